The third kappa shape index (κ3) is 2.80. The number of rotatable bonds is 5. The summed E-state index contributed by atoms with van der Waals surface area (Å²) in [6.45, 7) is 1.31. The third-order valence-corrected chi connectivity index (χ3v) is 4.93. The molecule has 4 nitrogen and oxygen atoms in total. The van der Waals surface area contributed by atoms with Gasteiger partial charge in [0.25, 0.3) is 0 Å². The SMILES string of the molecule is COC[C@@]12CC[C@@](COC)(C[C@H](c3ccc(N)cc3)C1)O2. The van der Waals surface area contributed by atoms with Gasteiger partial charge in [-0.2, -0.15) is 0 Å². The predicted octanol–water partition coefficient (Wildman–Crippen LogP) is 2.73. The lowest BCUT2D eigenvalue weighted by atomic mass is 9.80. The second-order valence-electron chi connectivity index (χ2n) is 6.61. The molecule has 2 bridgehead atoms. The van der Waals surface area contributed by atoms with Crippen LogP contribution in [0, 0.1) is 0 Å². The first-order chi connectivity index (χ1) is 10.1. The summed E-state index contributed by atoms with van der Waals surface area (Å²) in [7, 11) is 3.50. The smallest absolute Gasteiger partial charge is 0.0930 e. The summed E-state index contributed by atoms with van der Waals surface area (Å²) in [4.78, 5) is 0. The number of methoxy groups -OCH3 is 2. The zero-order valence-electron chi connectivity index (χ0n) is 12.9. The van der Waals surface area contributed by atoms with Crippen LogP contribution in [0.4, 0.5) is 5.69 Å². The minimum atomic E-state index is -0.155. The Kier molecular flexibility index (Phi) is 3.95. The molecule has 2 N–H and O–H groups in total. The molecule has 3 atom stereocenters. The van der Waals surface area contributed by atoms with Gasteiger partial charge in [0.15, 0.2) is 0 Å². The van der Waals surface area contributed by atoms with Gasteiger partial charge >= 0.3 is 0 Å². The summed E-state index contributed by atoms with van der Waals surface area (Å²) in [5.74, 6) is 0.479. The van der Waals surface area contributed by atoms with Crippen molar-refractivity contribution in [1.82, 2.24) is 0 Å². The Balaban J connectivity index is 1.87. The molecule has 3 rings (SSSR count). The van der Waals surface area contributed by atoms with Crippen LogP contribution in [0.5, 0.6) is 0 Å². The van der Waals surface area contributed by atoms with Gasteiger partial charge in [-0.05, 0) is 49.3 Å². The molecule has 2 aliphatic rings. The van der Waals surface area contributed by atoms with Gasteiger partial charge in [-0.15, -0.1) is 0 Å². The van der Waals surface area contributed by atoms with E-state index in [0.29, 0.717) is 19.1 Å². The van der Waals surface area contributed by atoms with Crippen molar-refractivity contribution in [3.8, 4) is 0 Å². The standard InChI is InChI=1S/C17H25NO3/c1-19-11-16-7-8-17(21-16,12-20-2)10-14(9-16)13-3-5-15(18)6-4-13/h3-6,14H,7-12,18H2,1-2H3/t14-,16-,17+. The van der Waals surface area contributed by atoms with Crippen LogP contribution in [0.3, 0.4) is 0 Å². The van der Waals surface area contributed by atoms with E-state index in [4.69, 9.17) is 19.9 Å². The fraction of sp³-hybridized carbons (Fsp3) is 0.647. The highest BCUT2D eigenvalue weighted by atomic mass is 16.6. The Bertz CT molecular complexity index is 467. The number of hydrogen-bond acceptors (Lipinski definition) is 4. The van der Waals surface area contributed by atoms with Gasteiger partial charge in [0.05, 0.1) is 24.4 Å². The molecule has 0 radical (unpaired) electrons. The van der Waals surface area contributed by atoms with Gasteiger partial charge in [0.1, 0.15) is 0 Å². The van der Waals surface area contributed by atoms with Crippen LogP contribution in [-0.4, -0.2) is 38.6 Å². The highest BCUT2D eigenvalue weighted by Gasteiger charge is 2.55. The number of benzene rings is 1. The van der Waals surface area contributed by atoms with E-state index in [0.717, 1.165) is 31.4 Å². The zero-order valence-corrected chi connectivity index (χ0v) is 12.9. The Morgan fingerprint density at radius 1 is 1.05 bits per heavy atom. The van der Waals surface area contributed by atoms with Crippen molar-refractivity contribution in [2.24, 2.45) is 0 Å². The molecule has 2 fully saturated rings. The maximum absolute atomic E-state index is 6.45. The molecule has 1 aromatic carbocycles. The van der Waals surface area contributed by atoms with Gasteiger partial charge in [-0.1, -0.05) is 12.1 Å². The molecular weight excluding hydrogens is 266 g/mol. The van der Waals surface area contributed by atoms with E-state index in [1.165, 1.54) is 5.56 Å². The van der Waals surface area contributed by atoms with Crippen molar-refractivity contribution >= 4 is 5.69 Å². The summed E-state index contributed by atoms with van der Waals surface area (Å²) < 4.78 is 17.3. The van der Waals surface area contributed by atoms with Crippen LogP contribution in [0.15, 0.2) is 24.3 Å². The Labute approximate surface area is 126 Å². The average Bonchev–Trinajstić information content (AvgIpc) is 2.71. The fourth-order valence-electron chi connectivity index (χ4n) is 4.13. The van der Waals surface area contributed by atoms with Crippen molar-refractivity contribution in [3.63, 3.8) is 0 Å². The van der Waals surface area contributed by atoms with Gasteiger partial charge in [-0.3, -0.25) is 0 Å². The van der Waals surface area contributed by atoms with Gasteiger partial charge < -0.3 is 19.9 Å². The number of hydrogen-bond donors (Lipinski definition) is 1. The van der Waals surface area contributed by atoms with Gasteiger partial charge in [0.2, 0.25) is 0 Å². The maximum atomic E-state index is 6.45. The quantitative estimate of drug-likeness (QED) is 0.848. The first-order valence-electron chi connectivity index (χ1n) is 7.64. The molecule has 0 spiro atoms. The Hall–Kier alpha value is -1.10. The Morgan fingerprint density at radius 3 is 2.05 bits per heavy atom. The molecule has 0 amide bonds. The van der Waals surface area contributed by atoms with Crippen molar-refractivity contribution in [2.45, 2.75) is 42.8 Å². The molecule has 0 saturated carbocycles. The molecule has 116 valence electrons. The molecule has 4 heteroatoms. The number of anilines is 1. The van der Waals surface area contributed by atoms with Gasteiger partial charge in [0, 0.05) is 19.9 Å². The van der Waals surface area contributed by atoms with E-state index in [1.807, 2.05) is 12.1 Å². The summed E-state index contributed by atoms with van der Waals surface area (Å²) >= 11 is 0. The second-order valence-corrected chi connectivity index (χ2v) is 6.61. The molecule has 1 aromatic rings. The van der Waals surface area contributed by atoms with E-state index in [-0.39, 0.29) is 11.2 Å². The molecule has 2 aliphatic heterocycles. The largest absolute Gasteiger partial charge is 0.399 e. The molecule has 21 heavy (non-hydrogen) atoms. The molecule has 2 heterocycles. The highest BCUT2D eigenvalue weighted by molar-refractivity contribution is 5.40. The van der Waals surface area contributed by atoms with E-state index < -0.39 is 0 Å². The minimum Gasteiger partial charge on any atom is -0.399 e. The molecule has 2 saturated heterocycles. The van der Waals surface area contributed by atoms with Crippen LogP contribution >= 0.6 is 0 Å². The van der Waals surface area contributed by atoms with Crippen molar-refractivity contribution in [3.05, 3.63) is 29.8 Å². The number of ether oxygens (including phenoxy) is 3. The molecular formula is C17H25NO3. The third-order valence-electron chi connectivity index (χ3n) is 4.93. The average molecular weight is 291 g/mol. The van der Waals surface area contributed by atoms with Crippen molar-refractivity contribution in [2.75, 3.05) is 33.2 Å². The van der Waals surface area contributed by atoms with Crippen LogP contribution < -0.4 is 5.73 Å². The Morgan fingerprint density at radius 2 is 1.57 bits per heavy atom. The lowest BCUT2D eigenvalue weighted by molar-refractivity contribution is -0.184. The first-order valence-corrected chi connectivity index (χ1v) is 7.64. The van der Waals surface area contributed by atoms with E-state index in [2.05, 4.69) is 12.1 Å². The second kappa shape index (κ2) is 5.59. The van der Waals surface area contributed by atoms with Crippen LogP contribution in [-0.2, 0) is 14.2 Å². The van der Waals surface area contributed by atoms with E-state index >= 15 is 0 Å². The lowest BCUT2D eigenvalue weighted by Crippen LogP contribution is -2.48. The molecule has 0 unspecified atom stereocenters. The fourth-order valence-corrected chi connectivity index (χ4v) is 4.13. The summed E-state index contributed by atoms with van der Waals surface area (Å²) in [5.41, 5.74) is 7.65. The summed E-state index contributed by atoms with van der Waals surface area (Å²) in [6, 6.07) is 8.26. The van der Waals surface area contributed by atoms with Crippen LogP contribution in [0.2, 0.25) is 0 Å². The monoisotopic (exact) mass is 291 g/mol. The number of nitrogens with two attached hydrogens (primary N) is 1. The predicted molar refractivity (Wildman–Crippen MR) is 82.4 cm³/mol. The van der Waals surface area contributed by atoms with Crippen LogP contribution in [0.1, 0.15) is 37.2 Å². The minimum absolute atomic E-state index is 0.155. The highest BCUT2D eigenvalue weighted by Crippen LogP contribution is 2.53. The van der Waals surface area contributed by atoms with E-state index in [1.54, 1.807) is 14.2 Å². The lowest BCUT2D eigenvalue weighted by Gasteiger charge is -2.43. The summed E-state index contributed by atoms with van der Waals surface area (Å²) in [6.07, 6.45) is 4.12. The maximum Gasteiger partial charge on any atom is 0.0930 e. The number of nitrogen functional groups attached to an aromatic ring is 1. The number of fused-ring (bicyclic) bond motifs is 2. The normalized spacial score (nSPS) is 35.0. The van der Waals surface area contributed by atoms with Crippen LogP contribution in [0.25, 0.3) is 0 Å². The first kappa shape index (κ1) is 14.8. The van der Waals surface area contributed by atoms with Gasteiger partial charge in [-0.25, -0.2) is 0 Å². The topological polar surface area (TPSA) is 53.7 Å². The summed E-state index contributed by atoms with van der Waals surface area (Å²) in [5, 5.41) is 0. The zero-order chi connectivity index (χ0) is 14.9. The molecule has 0 aliphatic carbocycles. The van der Waals surface area contributed by atoms with Crippen molar-refractivity contribution in [1.29, 1.82) is 0 Å². The van der Waals surface area contributed by atoms with Crippen molar-refractivity contribution < 1.29 is 14.2 Å². The van der Waals surface area contributed by atoms with E-state index in [9.17, 15) is 0 Å². The molecule has 0 aromatic heterocycles.